The molecule has 0 radical (unpaired) electrons. The van der Waals surface area contributed by atoms with Crippen LogP contribution in [0.3, 0.4) is 0 Å². The van der Waals surface area contributed by atoms with Gasteiger partial charge < -0.3 is 10.4 Å². The first-order valence-electron chi connectivity index (χ1n) is 5.96. The third-order valence-corrected chi connectivity index (χ3v) is 3.12. The van der Waals surface area contributed by atoms with Crippen LogP contribution in [-0.2, 0) is 0 Å². The van der Waals surface area contributed by atoms with Crippen molar-refractivity contribution in [3.8, 4) is 0 Å². The highest BCUT2D eigenvalue weighted by molar-refractivity contribution is 9.10. The molecule has 4 heteroatoms. The minimum absolute atomic E-state index is 0.0290. The van der Waals surface area contributed by atoms with Crippen molar-refractivity contribution in [2.45, 2.75) is 19.9 Å². The maximum atomic E-state index is 9.73. The van der Waals surface area contributed by atoms with Crippen LogP contribution in [-0.4, -0.2) is 16.9 Å². The summed E-state index contributed by atoms with van der Waals surface area (Å²) >= 11 is 3.41. The van der Waals surface area contributed by atoms with E-state index in [0.29, 0.717) is 5.71 Å². The Morgan fingerprint density at radius 2 is 2.11 bits per heavy atom. The zero-order valence-corrected chi connectivity index (χ0v) is 11.9. The minimum Gasteiger partial charge on any atom is -0.506 e. The second-order valence-electron chi connectivity index (χ2n) is 3.72. The summed E-state index contributed by atoms with van der Waals surface area (Å²) in [7, 11) is 0. The first-order chi connectivity index (χ1) is 8.74. The van der Waals surface area contributed by atoms with E-state index in [0.717, 1.165) is 15.8 Å². The molecular weight excluding hydrogens is 292 g/mol. The van der Waals surface area contributed by atoms with Crippen LogP contribution in [0.4, 0.5) is 11.4 Å². The van der Waals surface area contributed by atoms with Gasteiger partial charge >= 0.3 is 0 Å². The van der Waals surface area contributed by atoms with Crippen LogP contribution in [0, 0.1) is 0 Å². The summed E-state index contributed by atoms with van der Waals surface area (Å²) in [6, 6.07) is 5.84. The molecule has 94 valence electrons. The van der Waals surface area contributed by atoms with E-state index in [2.05, 4.69) is 26.2 Å². The Balaban J connectivity index is 0.000000574. The number of benzene rings is 1. The van der Waals surface area contributed by atoms with Gasteiger partial charge in [-0.2, -0.15) is 0 Å². The number of nitrogens with zero attached hydrogens (tertiary/aromatic N) is 1. The van der Waals surface area contributed by atoms with Crippen molar-refractivity contribution in [1.29, 1.82) is 0 Å². The van der Waals surface area contributed by atoms with Gasteiger partial charge in [0.15, 0.2) is 0 Å². The van der Waals surface area contributed by atoms with Crippen molar-refractivity contribution in [1.82, 2.24) is 0 Å². The lowest BCUT2D eigenvalue weighted by molar-refractivity contribution is 0.440. The van der Waals surface area contributed by atoms with Crippen LogP contribution >= 0.6 is 15.9 Å². The zero-order chi connectivity index (χ0) is 13.1. The maximum absolute atomic E-state index is 9.73. The van der Waals surface area contributed by atoms with E-state index < -0.39 is 0 Å². The molecule has 1 aliphatic carbocycles. The second-order valence-corrected chi connectivity index (χ2v) is 4.63. The monoisotopic (exact) mass is 306 g/mol. The van der Waals surface area contributed by atoms with Crippen LogP contribution in [0.5, 0.6) is 0 Å². The molecular formula is C14H15BrN2O. The maximum Gasteiger partial charge on any atom is 0.139 e. The van der Waals surface area contributed by atoms with Gasteiger partial charge in [-0.25, -0.2) is 4.99 Å². The fourth-order valence-corrected chi connectivity index (χ4v) is 2.20. The lowest BCUT2D eigenvalue weighted by atomic mass is 10.0. The normalized spacial score (nSPS) is 19.4. The van der Waals surface area contributed by atoms with Crippen molar-refractivity contribution in [2.24, 2.45) is 4.99 Å². The Hall–Kier alpha value is -1.55. The number of nitrogens with one attached hydrogen (secondary N) is 1. The van der Waals surface area contributed by atoms with Gasteiger partial charge in [-0.3, -0.25) is 0 Å². The molecule has 0 saturated carbocycles. The number of anilines is 1. The van der Waals surface area contributed by atoms with Crippen LogP contribution < -0.4 is 5.32 Å². The number of hydrogen-bond donors (Lipinski definition) is 2. The summed E-state index contributed by atoms with van der Waals surface area (Å²) < 4.78 is 0.977. The molecule has 0 amide bonds. The average Bonchev–Trinajstić information content (AvgIpc) is 2.40. The Morgan fingerprint density at radius 1 is 1.33 bits per heavy atom. The summed E-state index contributed by atoms with van der Waals surface area (Å²) in [6.45, 7) is 4.00. The molecule has 2 aliphatic rings. The largest absolute Gasteiger partial charge is 0.506 e. The average molecular weight is 307 g/mol. The van der Waals surface area contributed by atoms with E-state index in [1.165, 1.54) is 0 Å². The van der Waals surface area contributed by atoms with E-state index in [1.807, 2.05) is 44.2 Å². The number of halogens is 1. The molecule has 1 heterocycles. The minimum atomic E-state index is -0.0290. The van der Waals surface area contributed by atoms with Crippen LogP contribution in [0.1, 0.15) is 13.8 Å². The molecule has 2 N–H and O–H groups in total. The van der Waals surface area contributed by atoms with Crippen molar-refractivity contribution < 1.29 is 5.11 Å². The number of hydrogen-bond acceptors (Lipinski definition) is 3. The van der Waals surface area contributed by atoms with Crippen LogP contribution in [0.15, 0.2) is 51.7 Å². The Kier molecular flexibility index (Phi) is 3.87. The fourth-order valence-electron chi connectivity index (χ4n) is 1.85. The van der Waals surface area contributed by atoms with Gasteiger partial charge in [0.1, 0.15) is 11.5 Å². The topological polar surface area (TPSA) is 44.6 Å². The van der Waals surface area contributed by atoms with Gasteiger partial charge in [-0.15, -0.1) is 0 Å². The smallest absolute Gasteiger partial charge is 0.139 e. The van der Waals surface area contributed by atoms with Crippen molar-refractivity contribution in [2.75, 3.05) is 5.32 Å². The number of aliphatic hydroxyl groups excluding tert-OH is 1. The van der Waals surface area contributed by atoms with Gasteiger partial charge in [0.25, 0.3) is 0 Å². The molecule has 0 saturated heterocycles. The Morgan fingerprint density at radius 3 is 2.89 bits per heavy atom. The molecule has 3 rings (SSSR count). The zero-order valence-electron chi connectivity index (χ0n) is 10.3. The molecule has 0 fully saturated rings. The molecule has 1 aromatic carbocycles. The summed E-state index contributed by atoms with van der Waals surface area (Å²) in [4.78, 5) is 4.46. The lowest BCUT2D eigenvalue weighted by Crippen LogP contribution is -2.32. The standard InChI is InChI=1S/C12H9BrN2O.C2H6/c13-7-4-5-8-10(6-7)15-12-9(14-8)2-1-3-11(12)16;1-2/h1-6,9,14,16H;1-2H3. The predicted octanol–water partition coefficient (Wildman–Crippen LogP) is 4.35. The van der Waals surface area contributed by atoms with Crippen LogP contribution in [0.2, 0.25) is 0 Å². The van der Waals surface area contributed by atoms with E-state index >= 15 is 0 Å². The number of fused-ring (bicyclic) bond motifs is 2. The van der Waals surface area contributed by atoms with E-state index in [-0.39, 0.29) is 11.8 Å². The molecule has 0 aromatic heterocycles. The molecule has 1 atom stereocenters. The number of allylic oxidation sites excluding steroid dienone is 2. The highest BCUT2D eigenvalue weighted by atomic mass is 79.9. The van der Waals surface area contributed by atoms with Gasteiger partial charge in [0, 0.05) is 4.47 Å². The summed E-state index contributed by atoms with van der Waals surface area (Å²) in [5.74, 6) is 0.227. The van der Waals surface area contributed by atoms with Gasteiger partial charge in [0.05, 0.1) is 17.4 Å². The van der Waals surface area contributed by atoms with E-state index in [1.54, 1.807) is 6.08 Å². The summed E-state index contributed by atoms with van der Waals surface area (Å²) in [6.07, 6.45) is 5.46. The second kappa shape index (κ2) is 5.40. The SMILES string of the molecule is CC.OC1=CC=CC2Nc3ccc(Br)cc3N=C12. The molecule has 18 heavy (non-hydrogen) atoms. The molecule has 3 nitrogen and oxygen atoms in total. The number of aliphatic imine (C=N–C) groups is 1. The Labute approximate surface area is 115 Å². The third kappa shape index (κ3) is 2.34. The van der Waals surface area contributed by atoms with Crippen molar-refractivity contribution >= 4 is 33.0 Å². The molecule has 0 bridgehead atoms. The number of aliphatic hydroxyl groups is 1. The van der Waals surface area contributed by atoms with Gasteiger partial charge in [0.2, 0.25) is 0 Å². The highest BCUT2D eigenvalue weighted by Gasteiger charge is 2.24. The fraction of sp³-hybridized carbons (Fsp3) is 0.214. The summed E-state index contributed by atoms with van der Waals surface area (Å²) in [5, 5.41) is 13.0. The molecule has 1 aliphatic heterocycles. The quantitative estimate of drug-likeness (QED) is 0.748. The third-order valence-electron chi connectivity index (χ3n) is 2.63. The predicted molar refractivity (Wildman–Crippen MR) is 79.8 cm³/mol. The Bertz CT molecular complexity index is 547. The first kappa shape index (κ1) is 12.9. The van der Waals surface area contributed by atoms with E-state index in [4.69, 9.17) is 0 Å². The molecule has 1 aromatic rings. The number of rotatable bonds is 0. The summed E-state index contributed by atoms with van der Waals surface area (Å²) in [5.41, 5.74) is 2.50. The highest BCUT2D eigenvalue weighted by Crippen LogP contribution is 2.34. The van der Waals surface area contributed by atoms with Crippen molar-refractivity contribution in [3.63, 3.8) is 0 Å². The molecule has 0 spiro atoms. The van der Waals surface area contributed by atoms with E-state index in [9.17, 15) is 5.11 Å². The first-order valence-corrected chi connectivity index (χ1v) is 6.76. The van der Waals surface area contributed by atoms with Gasteiger partial charge in [-0.05, 0) is 24.3 Å². The lowest BCUT2D eigenvalue weighted by Gasteiger charge is -2.26. The van der Waals surface area contributed by atoms with Crippen molar-refractivity contribution in [3.05, 3.63) is 46.7 Å². The van der Waals surface area contributed by atoms with Crippen LogP contribution in [0.25, 0.3) is 0 Å². The molecule has 1 unspecified atom stereocenters. The van der Waals surface area contributed by atoms with Gasteiger partial charge in [-0.1, -0.05) is 41.9 Å².